The van der Waals surface area contributed by atoms with Crippen LogP contribution in [0.25, 0.3) is 0 Å². The third-order valence-corrected chi connectivity index (χ3v) is 1.39. The molecule has 0 aromatic heterocycles. The Bertz CT molecular complexity index is 337. The minimum Gasteiger partial charge on any atom is -0.516 e. The highest BCUT2D eigenvalue weighted by molar-refractivity contribution is 6.01. The normalized spacial score (nSPS) is 8.27. The Morgan fingerprint density at radius 1 is 1.07 bits per heavy atom. The number of aromatic carboxylic acids is 2. The summed E-state index contributed by atoms with van der Waals surface area (Å²) in [5.41, 5.74) is -0.380. The Morgan fingerprint density at radius 2 is 1.33 bits per heavy atom. The number of carbonyl (C=O) groups is 2. The summed E-state index contributed by atoms with van der Waals surface area (Å²) in [5.74, 6) is -2.46. The van der Waals surface area contributed by atoms with Crippen LogP contribution in [-0.4, -0.2) is 27.3 Å². The predicted octanol–water partition coefficient (Wildman–Crippen LogP) is 1.77. The fourth-order valence-electron chi connectivity index (χ4n) is 0.856. The van der Waals surface area contributed by atoms with Crippen LogP contribution >= 0.6 is 0 Å². The van der Waals surface area contributed by atoms with Crippen molar-refractivity contribution in [1.82, 2.24) is 0 Å². The van der Waals surface area contributed by atoms with Crippen molar-refractivity contribution in [3.63, 3.8) is 0 Å². The summed E-state index contributed by atoms with van der Waals surface area (Å²) in [4.78, 5) is 20.9. The van der Waals surface area contributed by atoms with Crippen LogP contribution in [0.5, 0.6) is 0 Å². The maximum Gasteiger partial charge on any atom is 0.336 e. The van der Waals surface area contributed by atoms with Gasteiger partial charge in [-0.25, -0.2) is 9.59 Å². The molecule has 0 unspecified atom stereocenters. The summed E-state index contributed by atoms with van der Waals surface area (Å²) < 4.78 is 0. The smallest absolute Gasteiger partial charge is 0.336 e. The van der Waals surface area contributed by atoms with E-state index in [1.807, 2.05) is 0 Å². The van der Waals surface area contributed by atoms with Crippen LogP contribution in [0.3, 0.4) is 0 Å². The molecule has 1 aromatic rings. The highest BCUT2D eigenvalue weighted by Crippen LogP contribution is 2.07. The Hall–Kier alpha value is -2.30. The largest absolute Gasteiger partial charge is 0.516 e. The van der Waals surface area contributed by atoms with E-state index in [1.54, 1.807) is 0 Å². The molecule has 0 amide bonds. The van der Waals surface area contributed by atoms with Gasteiger partial charge in [0.2, 0.25) is 0 Å². The maximum absolute atomic E-state index is 10.5. The van der Waals surface area contributed by atoms with Crippen LogP contribution in [0.4, 0.5) is 0 Å². The van der Waals surface area contributed by atoms with Crippen LogP contribution < -0.4 is 0 Å². The molecular formula is C10H10O5. The topological polar surface area (TPSA) is 94.8 Å². The first-order valence-corrected chi connectivity index (χ1v) is 3.85. The van der Waals surface area contributed by atoms with Crippen LogP contribution in [-0.2, 0) is 0 Å². The molecule has 0 bridgehead atoms. The molecule has 1 rings (SSSR count). The van der Waals surface area contributed by atoms with Gasteiger partial charge in [0, 0.05) is 0 Å². The lowest BCUT2D eigenvalue weighted by Gasteiger charge is -1.98. The van der Waals surface area contributed by atoms with Crippen molar-refractivity contribution in [2.45, 2.75) is 0 Å². The van der Waals surface area contributed by atoms with Gasteiger partial charge in [-0.2, -0.15) is 0 Å². The van der Waals surface area contributed by atoms with Crippen molar-refractivity contribution in [3.05, 3.63) is 48.2 Å². The molecule has 0 aliphatic heterocycles. The number of carboxylic acid groups (broad SMARTS) is 2. The van der Waals surface area contributed by atoms with Crippen molar-refractivity contribution in [2.75, 3.05) is 0 Å². The van der Waals surface area contributed by atoms with Crippen molar-refractivity contribution < 1.29 is 24.9 Å². The summed E-state index contributed by atoms with van der Waals surface area (Å²) >= 11 is 0. The van der Waals surface area contributed by atoms with Gasteiger partial charge in [-0.3, -0.25) is 0 Å². The third kappa shape index (κ3) is 3.95. The highest BCUT2D eigenvalue weighted by Gasteiger charge is 2.13. The van der Waals surface area contributed by atoms with E-state index in [0.717, 1.165) is 6.26 Å². The van der Waals surface area contributed by atoms with Crippen LogP contribution in [0.2, 0.25) is 0 Å². The molecule has 5 heteroatoms. The van der Waals surface area contributed by atoms with Gasteiger partial charge < -0.3 is 15.3 Å². The number of carboxylic acids is 2. The number of rotatable bonds is 2. The molecule has 0 aliphatic carbocycles. The molecule has 80 valence electrons. The third-order valence-electron chi connectivity index (χ3n) is 1.39. The number of hydrogen-bond donors (Lipinski definition) is 3. The Kier molecular flexibility index (Phi) is 5.25. The van der Waals surface area contributed by atoms with Gasteiger partial charge in [0.25, 0.3) is 0 Å². The van der Waals surface area contributed by atoms with Crippen LogP contribution in [0.15, 0.2) is 37.1 Å². The van der Waals surface area contributed by atoms with Crippen LogP contribution in [0, 0.1) is 0 Å². The van der Waals surface area contributed by atoms with Gasteiger partial charge in [-0.05, 0) is 12.1 Å². The second-order valence-corrected chi connectivity index (χ2v) is 2.34. The number of benzene rings is 1. The van der Waals surface area contributed by atoms with E-state index in [1.165, 1.54) is 24.3 Å². The maximum atomic E-state index is 10.5. The van der Waals surface area contributed by atoms with E-state index in [9.17, 15) is 9.59 Å². The van der Waals surface area contributed by atoms with Gasteiger partial charge in [0.15, 0.2) is 0 Å². The fraction of sp³-hybridized carbons (Fsp3) is 0. The van der Waals surface area contributed by atoms with Gasteiger partial charge in [0.1, 0.15) is 0 Å². The van der Waals surface area contributed by atoms with E-state index in [4.69, 9.17) is 15.3 Å². The van der Waals surface area contributed by atoms with Crippen molar-refractivity contribution in [3.8, 4) is 0 Å². The van der Waals surface area contributed by atoms with Crippen LogP contribution in [0.1, 0.15) is 20.7 Å². The molecule has 0 spiro atoms. The summed E-state index contributed by atoms with van der Waals surface area (Å²) in [6.45, 7) is 2.92. The molecule has 15 heavy (non-hydrogen) atoms. The molecule has 0 radical (unpaired) electrons. The molecule has 0 saturated heterocycles. The average molecular weight is 210 g/mol. The molecule has 0 aliphatic rings. The van der Waals surface area contributed by atoms with Crippen molar-refractivity contribution in [1.29, 1.82) is 0 Å². The van der Waals surface area contributed by atoms with E-state index < -0.39 is 11.9 Å². The summed E-state index contributed by atoms with van der Waals surface area (Å²) in [6.07, 6.45) is 0.750. The first-order chi connectivity index (χ1) is 7.04. The van der Waals surface area contributed by atoms with Crippen molar-refractivity contribution in [2.24, 2.45) is 0 Å². The molecule has 5 nitrogen and oxygen atoms in total. The van der Waals surface area contributed by atoms with Gasteiger partial charge in [0.05, 0.1) is 17.4 Å². The standard InChI is InChI=1S/C8H6O4.C2H4O/c9-7(10)5-3-1-2-4-6(5)8(11)12;1-2-3/h1-4H,(H,9,10)(H,11,12);2-3H,1H2. The van der Waals surface area contributed by atoms with Gasteiger partial charge >= 0.3 is 11.9 Å². The zero-order valence-electron chi connectivity index (χ0n) is 7.75. The lowest BCUT2D eigenvalue weighted by molar-refractivity contribution is 0.0651. The van der Waals surface area contributed by atoms with Crippen molar-refractivity contribution >= 4 is 11.9 Å². The molecule has 0 saturated carbocycles. The minimum atomic E-state index is -1.23. The SMILES string of the molecule is C=CO.O=C(O)c1ccccc1C(=O)O. The lowest BCUT2D eigenvalue weighted by Crippen LogP contribution is -2.06. The number of aliphatic hydroxyl groups excluding tert-OH is 1. The molecule has 1 aromatic carbocycles. The summed E-state index contributed by atoms with van der Waals surface area (Å²) in [5, 5.41) is 24.4. The van der Waals surface area contributed by atoms with E-state index in [-0.39, 0.29) is 11.1 Å². The highest BCUT2D eigenvalue weighted by atomic mass is 16.4. The van der Waals surface area contributed by atoms with Gasteiger partial charge in [-0.15, -0.1) is 0 Å². The predicted molar refractivity (Wildman–Crippen MR) is 53.2 cm³/mol. The Balaban J connectivity index is 0.000000583. The second kappa shape index (κ2) is 6.20. The zero-order valence-corrected chi connectivity index (χ0v) is 7.75. The Morgan fingerprint density at radius 3 is 1.53 bits per heavy atom. The van der Waals surface area contributed by atoms with E-state index in [0.29, 0.717) is 0 Å². The fourth-order valence-corrected chi connectivity index (χ4v) is 0.856. The molecule has 0 fully saturated rings. The lowest BCUT2D eigenvalue weighted by atomic mass is 10.1. The monoisotopic (exact) mass is 210 g/mol. The summed E-state index contributed by atoms with van der Waals surface area (Å²) in [7, 11) is 0. The zero-order chi connectivity index (χ0) is 11.8. The first-order valence-electron chi connectivity index (χ1n) is 3.85. The molecule has 0 atom stereocenters. The summed E-state index contributed by atoms with van der Waals surface area (Å²) in [6, 6.07) is 5.48. The van der Waals surface area contributed by atoms with E-state index >= 15 is 0 Å². The van der Waals surface area contributed by atoms with E-state index in [2.05, 4.69) is 6.58 Å². The molecular weight excluding hydrogens is 200 g/mol. The van der Waals surface area contributed by atoms with Gasteiger partial charge in [-0.1, -0.05) is 18.7 Å². The quantitative estimate of drug-likeness (QED) is 0.646. The number of aliphatic hydroxyl groups is 1. The number of hydrogen-bond acceptors (Lipinski definition) is 3. The molecule has 3 N–H and O–H groups in total. The molecule has 0 heterocycles. The Labute approximate surface area is 85.9 Å². The minimum absolute atomic E-state index is 0.190. The average Bonchev–Trinajstić information content (AvgIpc) is 2.19. The first kappa shape index (κ1) is 12.7. The second-order valence-electron chi connectivity index (χ2n) is 2.34.